The molecule has 0 spiro atoms. The number of hydrogen-bond acceptors (Lipinski definition) is 4. The van der Waals surface area contributed by atoms with E-state index in [1.807, 2.05) is 22.9 Å². The van der Waals surface area contributed by atoms with Gasteiger partial charge in [-0.05, 0) is 40.2 Å². The van der Waals surface area contributed by atoms with Crippen LogP contribution in [0.15, 0.2) is 76.8 Å². The Kier molecular flexibility index (Phi) is 4.04. The maximum absolute atomic E-state index is 4.39. The Morgan fingerprint density at radius 1 is 1.17 bits per heavy atom. The number of pyridine rings is 1. The fourth-order valence-electron chi connectivity index (χ4n) is 2.68. The average molecular weight is 382 g/mol. The van der Waals surface area contributed by atoms with Crippen molar-refractivity contribution in [1.82, 2.24) is 20.1 Å². The third-order valence-electron chi connectivity index (χ3n) is 3.87. The number of rotatable bonds is 3. The zero-order chi connectivity index (χ0) is 16.4. The highest BCUT2D eigenvalue weighted by molar-refractivity contribution is 9.11. The van der Waals surface area contributed by atoms with Crippen molar-refractivity contribution < 1.29 is 0 Å². The molecule has 2 aliphatic rings. The molecule has 24 heavy (non-hydrogen) atoms. The fourth-order valence-corrected chi connectivity index (χ4v) is 3.11. The minimum atomic E-state index is 0.714. The van der Waals surface area contributed by atoms with E-state index in [9.17, 15) is 0 Å². The summed E-state index contributed by atoms with van der Waals surface area (Å²) in [6.07, 6.45) is 14.8. The van der Waals surface area contributed by atoms with Crippen LogP contribution >= 0.6 is 15.9 Å². The van der Waals surface area contributed by atoms with E-state index in [4.69, 9.17) is 0 Å². The fraction of sp³-hybridized carbons (Fsp3) is 0.111. The van der Waals surface area contributed by atoms with Crippen LogP contribution in [0.5, 0.6) is 0 Å². The molecule has 2 aromatic rings. The Hall–Kier alpha value is -2.60. The van der Waals surface area contributed by atoms with Gasteiger partial charge in [0.1, 0.15) is 11.6 Å². The summed E-state index contributed by atoms with van der Waals surface area (Å²) >= 11 is 3.58. The standard InChI is InChI=1S/C18H16BrN5/c19-15-3-1-2-14(10-15)16-11-18(24-17(23-16)6-9-22-24)21-12-13-4-7-20-8-5-13/h1-2,4-11,21,23H,3,12H2/b16-14-. The van der Waals surface area contributed by atoms with Gasteiger partial charge in [-0.1, -0.05) is 28.1 Å². The highest BCUT2D eigenvalue weighted by Crippen LogP contribution is 2.28. The van der Waals surface area contributed by atoms with Crippen molar-refractivity contribution in [2.75, 3.05) is 5.32 Å². The number of aromatic nitrogens is 3. The van der Waals surface area contributed by atoms with E-state index in [0.717, 1.165) is 29.3 Å². The molecule has 6 heteroatoms. The molecule has 1 aliphatic carbocycles. The predicted octanol–water partition coefficient (Wildman–Crippen LogP) is 3.78. The van der Waals surface area contributed by atoms with Crippen LogP contribution in [0.3, 0.4) is 0 Å². The van der Waals surface area contributed by atoms with E-state index in [0.29, 0.717) is 6.54 Å². The van der Waals surface area contributed by atoms with Crippen LogP contribution in [0.1, 0.15) is 12.0 Å². The van der Waals surface area contributed by atoms with Gasteiger partial charge in [0.25, 0.3) is 0 Å². The van der Waals surface area contributed by atoms with E-state index in [1.165, 1.54) is 10.0 Å². The van der Waals surface area contributed by atoms with E-state index in [-0.39, 0.29) is 0 Å². The number of anilines is 1. The number of allylic oxidation sites excluding steroid dienone is 6. The molecule has 0 saturated carbocycles. The molecule has 0 unspecified atom stereocenters. The maximum atomic E-state index is 4.39. The highest BCUT2D eigenvalue weighted by Gasteiger charge is 2.17. The number of fused-ring (bicyclic) bond motifs is 1. The first-order chi connectivity index (χ1) is 11.8. The van der Waals surface area contributed by atoms with Crippen molar-refractivity contribution in [1.29, 1.82) is 0 Å². The third-order valence-corrected chi connectivity index (χ3v) is 4.42. The minimum absolute atomic E-state index is 0.714. The molecule has 0 bridgehead atoms. The van der Waals surface area contributed by atoms with Gasteiger partial charge in [0.2, 0.25) is 0 Å². The quantitative estimate of drug-likeness (QED) is 0.849. The van der Waals surface area contributed by atoms with Gasteiger partial charge in [-0.15, -0.1) is 0 Å². The zero-order valence-electron chi connectivity index (χ0n) is 12.9. The van der Waals surface area contributed by atoms with Crippen LogP contribution in [-0.2, 0) is 6.54 Å². The van der Waals surface area contributed by atoms with Crippen molar-refractivity contribution in [3.63, 3.8) is 0 Å². The SMILES string of the molecule is BrC1=C/C(=C2/C=C(NCc3ccncc3)n3nccc3N2)C=CC1. The molecule has 1 aliphatic heterocycles. The van der Waals surface area contributed by atoms with Crippen LogP contribution in [-0.4, -0.2) is 14.8 Å². The Bertz CT molecular complexity index is 874. The molecule has 0 amide bonds. The molecule has 0 fully saturated rings. The van der Waals surface area contributed by atoms with Crippen molar-refractivity contribution in [3.8, 4) is 0 Å². The number of hydrogen-bond donors (Lipinski definition) is 2. The van der Waals surface area contributed by atoms with Crippen LogP contribution in [0.4, 0.5) is 5.82 Å². The monoisotopic (exact) mass is 381 g/mol. The van der Waals surface area contributed by atoms with Crippen molar-refractivity contribution in [2.24, 2.45) is 0 Å². The Balaban J connectivity index is 1.66. The summed E-state index contributed by atoms with van der Waals surface area (Å²) in [7, 11) is 0. The van der Waals surface area contributed by atoms with Gasteiger partial charge in [-0.25, -0.2) is 4.68 Å². The highest BCUT2D eigenvalue weighted by atomic mass is 79.9. The summed E-state index contributed by atoms with van der Waals surface area (Å²) in [5, 5.41) is 11.3. The van der Waals surface area contributed by atoms with Crippen LogP contribution in [0, 0.1) is 0 Å². The first-order valence-corrected chi connectivity index (χ1v) is 8.52. The van der Waals surface area contributed by atoms with Gasteiger partial charge in [-0.3, -0.25) is 4.98 Å². The lowest BCUT2D eigenvalue weighted by Gasteiger charge is -2.22. The normalized spacial score (nSPS) is 19.2. The molecule has 0 atom stereocenters. The second-order valence-electron chi connectivity index (χ2n) is 5.56. The van der Waals surface area contributed by atoms with Gasteiger partial charge in [0.05, 0.1) is 11.9 Å². The molecule has 120 valence electrons. The molecule has 5 nitrogen and oxygen atoms in total. The van der Waals surface area contributed by atoms with Gasteiger partial charge in [-0.2, -0.15) is 5.10 Å². The molecule has 2 N–H and O–H groups in total. The van der Waals surface area contributed by atoms with Crippen molar-refractivity contribution in [2.45, 2.75) is 13.0 Å². The van der Waals surface area contributed by atoms with Gasteiger partial charge in [0.15, 0.2) is 0 Å². The molecule has 4 rings (SSSR count). The number of nitrogens with one attached hydrogen (secondary N) is 2. The van der Waals surface area contributed by atoms with E-state index in [2.05, 4.69) is 61.0 Å². The summed E-state index contributed by atoms with van der Waals surface area (Å²) in [5.74, 6) is 1.89. The smallest absolute Gasteiger partial charge is 0.135 e. The van der Waals surface area contributed by atoms with E-state index in [1.54, 1.807) is 18.6 Å². The molecular formula is C18H16BrN5. The van der Waals surface area contributed by atoms with Crippen LogP contribution < -0.4 is 10.6 Å². The molecular weight excluding hydrogens is 366 g/mol. The van der Waals surface area contributed by atoms with Gasteiger partial charge < -0.3 is 10.6 Å². The second kappa shape index (κ2) is 6.49. The lowest BCUT2D eigenvalue weighted by molar-refractivity contribution is 0.767. The summed E-state index contributed by atoms with van der Waals surface area (Å²) in [4.78, 5) is 4.05. The molecule has 0 saturated heterocycles. The van der Waals surface area contributed by atoms with E-state index >= 15 is 0 Å². The first-order valence-electron chi connectivity index (χ1n) is 7.72. The molecule has 2 aromatic heterocycles. The summed E-state index contributed by atoms with van der Waals surface area (Å²) in [5.41, 5.74) is 3.37. The molecule has 0 aromatic carbocycles. The molecule has 3 heterocycles. The minimum Gasteiger partial charge on any atom is -0.366 e. The average Bonchev–Trinajstić information content (AvgIpc) is 3.09. The van der Waals surface area contributed by atoms with Gasteiger partial charge >= 0.3 is 0 Å². The Morgan fingerprint density at radius 2 is 2.04 bits per heavy atom. The van der Waals surface area contributed by atoms with Crippen molar-refractivity contribution in [3.05, 3.63) is 82.4 Å². The summed E-state index contributed by atoms with van der Waals surface area (Å²) < 4.78 is 3.05. The number of halogens is 1. The van der Waals surface area contributed by atoms with Gasteiger partial charge in [0, 0.05) is 31.1 Å². The topological polar surface area (TPSA) is 54.8 Å². The zero-order valence-corrected chi connectivity index (χ0v) is 14.5. The lowest BCUT2D eigenvalue weighted by Crippen LogP contribution is -2.23. The van der Waals surface area contributed by atoms with Crippen LogP contribution in [0.25, 0.3) is 5.82 Å². The van der Waals surface area contributed by atoms with Crippen molar-refractivity contribution >= 4 is 27.6 Å². The predicted molar refractivity (Wildman–Crippen MR) is 99.0 cm³/mol. The third kappa shape index (κ3) is 3.05. The second-order valence-corrected chi connectivity index (χ2v) is 6.58. The van der Waals surface area contributed by atoms with E-state index < -0.39 is 0 Å². The largest absolute Gasteiger partial charge is 0.366 e. The lowest BCUT2D eigenvalue weighted by atomic mass is 10.1. The summed E-state index contributed by atoms with van der Waals surface area (Å²) in [6, 6.07) is 5.97. The summed E-state index contributed by atoms with van der Waals surface area (Å²) in [6.45, 7) is 0.714. The number of nitrogens with zero attached hydrogens (tertiary/aromatic N) is 3. The first kappa shape index (κ1) is 15.0. The molecule has 0 radical (unpaired) electrons. The maximum Gasteiger partial charge on any atom is 0.135 e. The Morgan fingerprint density at radius 3 is 2.88 bits per heavy atom. The van der Waals surface area contributed by atoms with Crippen LogP contribution in [0.2, 0.25) is 0 Å². The Labute approximate surface area is 148 Å².